The van der Waals surface area contributed by atoms with E-state index < -0.39 is 0 Å². The molecule has 2 aromatic heterocycles. The third kappa shape index (κ3) is 2.47. The van der Waals surface area contributed by atoms with E-state index >= 15 is 0 Å². The number of rotatable bonds is 4. The summed E-state index contributed by atoms with van der Waals surface area (Å²) in [6.45, 7) is 0.462. The number of hydrogen-bond donors (Lipinski definition) is 0. The molecule has 1 aromatic carbocycles. The van der Waals surface area contributed by atoms with Gasteiger partial charge in [-0.05, 0) is 12.1 Å². The Hall–Kier alpha value is -2.63. The average Bonchev–Trinajstić information content (AvgIpc) is 3.11. The monoisotopic (exact) mass is 256 g/mol. The second kappa shape index (κ2) is 4.93. The Morgan fingerprint density at radius 3 is 3.11 bits per heavy atom. The lowest BCUT2D eigenvalue weighted by atomic mass is 10.2. The molecule has 0 aliphatic carbocycles. The summed E-state index contributed by atoms with van der Waals surface area (Å²) < 4.78 is 12.5. The van der Waals surface area contributed by atoms with Crippen LogP contribution in [0.25, 0.3) is 11.3 Å². The van der Waals surface area contributed by atoms with E-state index in [-0.39, 0.29) is 0 Å². The normalized spacial score (nSPS) is 10.6. The Labute approximate surface area is 109 Å². The van der Waals surface area contributed by atoms with Gasteiger partial charge in [-0.3, -0.25) is 0 Å². The fraction of sp³-hybridized carbons (Fsp3) is 0.154. The van der Waals surface area contributed by atoms with Crippen molar-refractivity contribution in [2.24, 2.45) is 0 Å². The molecule has 0 spiro atoms. The summed E-state index contributed by atoms with van der Waals surface area (Å²) in [7, 11) is 1.63. The molecule has 19 heavy (non-hydrogen) atoms. The van der Waals surface area contributed by atoms with E-state index in [9.17, 15) is 0 Å². The minimum atomic E-state index is 0.462. The van der Waals surface area contributed by atoms with Crippen LogP contribution in [0, 0.1) is 0 Å². The van der Waals surface area contributed by atoms with Crippen molar-refractivity contribution in [2.75, 3.05) is 7.11 Å². The summed E-state index contributed by atoms with van der Waals surface area (Å²) in [5.41, 5.74) is 0.927. The van der Waals surface area contributed by atoms with Gasteiger partial charge in [0.25, 0.3) is 0 Å². The van der Waals surface area contributed by atoms with Crippen molar-refractivity contribution in [2.45, 2.75) is 6.54 Å². The number of hydrogen-bond acceptors (Lipinski definition) is 5. The fourth-order valence-electron chi connectivity index (χ4n) is 1.75. The van der Waals surface area contributed by atoms with Crippen molar-refractivity contribution in [1.29, 1.82) is 0 Å². The fourth-order valence-corrected chi connectivity index (χ4v) is 1.75. The van der Waals surface area contributed by atoms with Crippen molar-refractivity contribution in [1.82, 2.24) is 19.7 Å². The highest BCUT2D eigenvalue weighted by atomic mass is 16.5. The maximum Gasteiger partial charge on any atom is 0.216 e. The van der Waals surface area contributed by atoms with Crippen LogP contribution in [-0.2, 0) is 6.54 Å². The molecule has 0 unspecified atom stereocenters. The Morgan fingerprint density at radius 2 is 2.32 bits per heavy atom. The number of aromatic nitrogens is 4. The first-order valence-electron chi connectivity index (χ1n) is 5.77. The molecule has 0 bridgehead atoms. The van der Waals surface area contributed by atoms with Gasteiger partial charge in [-0.2, -0.15) is 5.10 Å². The summed E-state index contributed by atoms with van der Waals surface area (Å²) >= 11 is 0. The van der Waals surface area contributed by atoms with Crippen molar-refractivity contribution >= 4 is 0 Å². The SMILES string of the molecule is COc1cccc(-c2cnc(Cn3cncn3)o2)c1. The second-order valence-electron chi connectivity index (χ2n) is 3.94. The summed E-state index contributed by atoms with van der Waals surface area (Å²) in [5.74, 6) is 2.07. The van der Waals surface area contributed by atoms with Gasteiger partial charge in [0.1, 0.15) is 24.9 Å². The highest BCUT2D eigenvalue weighted by Crippen LogP contribution is 2.24. The predicted molar refractivity (Wildman–Crippen MR) is 67.6 cm³/mol. The third-order valence-corrected chi connectivity index (χ3v) is 2.67. The van der Waals surface area contributed by atoms with Gasteiger partial charge in [0.2, 0.25) is 5.89 Å². The Morgan fingerprint density at radius 1 is 1.37 bits per heavy atom. The number of methoxy groups -OCH3 is 1. The van der Waals surface area contributed by atoms with Crippen LogP contribution in [0.5, 0.6) is 5.75 Å². The Kier molecular flexibility index (Phi) is 2.97. The van der Waals surface area contributed by atoms with Crippen LogP contribution in [0.2, 0.25) is 0 Å². The van der Waals surface area contributed by atoms with E-state index in [2.05, 4.69) is 15.1 Å². The van der Waals surface area contributed by atoms with E-state index in [4.69, 9.17) is 9.15 Å². The molecular formula is C13H12N4O2. The van der Waals surface area contributed by atoms with E-state index in [1.807, 2.05) is 24.3 Å². The van der Waals surface area contributed by atoms with Crippen LogP contribution in [0.4, 0.5) is 0 Å². The quantitative estimate of drug-likeness (QED) is 0.714. The standard InChI is InChI=1S/C13H12N4O2/c1-18-11-4-2-3-10(5-11)12-6-15-13(19-12)7-17-9-14-8-16-17/h2-6,8-9H,7H2,1H3. The largest absolute Gasteiger partial charge is 0.497 e. The highest BCUT2D eigenvalue weighted by molar-refractivity contribution is 5.58. The van der Waals surface area contributed by atoms with Crippen LogP contribution in [0.15, 0.2) is 47.5 Å². The van der Waals surface area contributed by atoms with Gasteiger partial charge in [0, 0.05) is 5.56 Å². The molecule has 2 heterocycles. The highest BCUT2D eigenvalue weighted by Gasteiger charge is 2.08. The van der Waals surface area contributed by atoms with E-state index in [1.165, 1.54) is 6.33 Å². The van der Waals surface area contributed by atoms with Crippen LogP contribution in [-0.4, -0.2) is 26.9 Å². The van der Waals surface area contributed by atoms with Gasteiger partial charge < -0.3 is 9.15 Å². The van der Waals surface area contributed by atoms with Crippen molar-refractivity contribution in [3.8, 4) is 17.1 Å². The predicted octanol–water partition coefficient (Wildman–Crippen LogP) is 1.99. The molecule has 0 amide bonds. The zero-order chi connectivity index (χ0) is 13.1. The lowest BCUT2D eigenvalue weighted by molar-refractivity contribution is 0.414. The van der Waals surface area contributed by atoms with Crippen LogP contribution < -0.4 is 4.74 Å². The van der Waals surface area contributed by atoms with Gasteiger partial charge in [-0.25, -0.2) is 14.6 Å². The smallest absolute Gasteiger partial charge is 0.216 e. The zero-order valence-electron chi connectivity index (χ0n) is 10.4. The first-order chi connectivity index (χ1) is 9.35. The molecule has 0 radical (unpaired) electrons. The molecular weight excluding hydrogens is 244 g/mol. The lowest BCUT2D eigenvalue weighted by Gasteiger charge is -2.01. The number of ether oxygens (including phenoxy) is 1. The molecule has 0 saturated heterocycles. The number of benzene rings is 1. The first-order valence-corrected chi connectivity index (χ1v) is 5.77. The number of nitrogens with zero attached hydrogens (tertiary/aromatic N) is 4. The summed E-state index contributed by atoms with van der Waals surface area (Å²) in [4.78, 5) is 8.10. The minimum Gasteiger partial charge on any atom is -0.497 e. The molecule has 0 saturated carbocycles. The summed E-state index contributed by atoms with van der Waals surface area (Å²) in [6.07, 6.45) is 4.79. The number of oxazole rings is 1. The maximum atomic E-state index is 5.69. The molecule has 3 aromatic rings. The zero-order valence-corrected chi connectivity index (χ0v) is 10.4. The molecule has 0 aliphatic heterocycles. The molecule has 6 nitrogen and oxygen atoms in total. The second-order valence-corrected chi connectivity index (χ2v) is 3.94. The van der Waals surface area contributed by atoms with Crippen LogP contribution in [0.3, 0.4) is 0 Å². The van der Waals surface area contributed by atoms with Gasteiger partial charge in [-0.15, -0.1) is 0 Å². The van der Waals surface area contributed by atoms with Crippen LogP contribution in [0.1, 0.15) is 5.89 Å². The average molecular weight is 256 g/mol. The Bertz CT molecular complexity index is 661. The van der Waals surface area contributed by atoms with E-state index in [1.54, 1.807) is 24.3 Å². The third-order valence-electron chi connectivity index (χ3n) is 2.67. The molecule has 3 rings (SSSR count). The summed E-state index contributed by atoms with van der Waals surface area (Å²) in [6, 6.07) is 7.64. The van der Waals surface area contributed by atoms with Crippen molar-refractivity contribution in [3.05, 3.63) is 49.0 Å². The van der Waals surface area contributed by atoms with Crippen molar-refractivity contribution in [3.63, 3.8) is 0 Å². The molecule has 0 aliphatic rings. The van der Waals surface area contributed by atoms with Gasteiger partial charge in [-0.1, -0.05) is 12.1 Å². The topological polar surface area (TPSA) is 66.0 Å². The Balaban J connectivity index is 1.84. The molecule has 0 atom stereocenters. The first kappa shape index (κ1) is 11.5. The van der Waals surface area contributed by atoms with E-state index in [0.717, 1.165) is 11.3 Å². The van der Waals surface area contributed by atoms with Gasteiger partial charge in [0.15, 0.2) is 5.76 Å². The van der Waals surface area contributed by atoms with Gasteiger partial charge >= 0.3 is 0 Å². The maximum absolute atomic E-state index is 5.69. The van der Waals surface area contributed by atoms with Crippen molar-refractivity contribution < 1.29 is 9.15 Å². The molecule has 0 fully saturated rings. The van der Waals surface area contributed by atoms with E-state index in [0.29, 0.717) is 18.2 Å². The van der Waals surface area contributed by atoms with Crippen LogP contribution >= 0.6 is 0 Å². The minimum absolute atomic E-state index is 0.462. The molecule has 0 N–H and O–H groups in total. The van der Waals surface area contributed by atoms with Gasteiger partial charge in [0.05, 0.1) is 13.3 Å². The molecule has 96 valence electrons. The summed E-state index contributed by atoms with van der Waals surface area (Å²) in [5, 5.41) is 4.01. The molecule has 6 heteroatoms. The lowest BCUT2D eigenvalue weighted by Crippen LogP contribution is -1.99.